The van der Waals surface area contributed by atoms with Crippen molar-refractivity contribution < 1.29 is 19.1 Å². The highest BCUT2D eigenvalue weighted by Crippen LogP contribution is 2.24. The second kappa shape index (κ2) is 12.8. The maximum atomic E-state index is 13.2. The first kappa shape index (κ1) is 25.3. The summed E-state index contributed by atoms with van der Waals surface area (Å²) in [6.07, 6.45) is 1.95. The van der Waals surface area contributed by atoms with Crippen molar-refractivity contribution >= 4 is 17.6 Å². The molecule has 0 saturated heterocycles. The number of amides is 3. The SMILES string of the molecule is CCOc1ccccc1NC(=O)N(CC(=O)N(CCOC)Cc1cccn1C)CC(C)C. The summed E-state index contributed by atoms with van der Waals surface area (Å²) in [6, 6.07) is 10.9. The van der Waals surface area contributed by atoms with Gasteiger partial charge in [-0.05, 0) is 37.1 Å². The van der Waals surface area contributed by atoms with Gasteiger partial charge in [-0.3, -0.25) is 4.79 Å². The molecule has 0 fully saturated rings. The molecule has 0 aliphatic rings. The van der Waals surface area contributed by atoms with E-state index in [-0.39, 0.29) is 24.4 Å². The number of para-hydroxylation sites is 2. The van der Waals surface area contributed by atoms with E-state index in [1.807, 2.05) is 68.9 Å². The third-order valence-corrected chi connectivity index (χ3v) is 4.95. The van der Waals surface area contributed by atoms with Crippen LogP contribution in [0.5, 0.6) is 5.75 Å². The zero-order valence-electron chi connectivity index (χ0n) is 19.8. The summed E-state index contributed by atoms with van der Waals surface area (Å²) >= 11 is 0. The van der Waals surface area contributed by atoms with Gasteiger partial charge >= 0.3 is 6.03 Å². The Hall–Kier alpha value is -3.00. The predicted molar refractivity (Wildman–Crippen MR) is 126 cm³/mol. The molecule has 176 valence electrons. The first-order valence-corrected chi connectivity index (χ1v) is 11.0. The number of hydrogen-bond donors (Lipinski definition) is 1. The molecular weight excluding hydrogens is 408 g/mol. The van der Waals surface area contributed by atoms with Crippen LogP contribution in [-0.4, -0.2) is 66.3 Å². The van der Waals surface area contributed by atoms with E-state index in [1.54, 1.807) is 23.0 Å². The number of nitrogens with zero attached hydrogens (tertiary/aromatic N) is 3. The first-order valence-electron chi connectivity index (χ1n) is 11.0. The number of ether oxygens (including phenoxy) is 2. The summed E-state index contributed by atoms with van der Waals surface area (Å²) in [5.41, 5.74) is 1.60. The van der Waals surface area contributed by atoms with Gasteiger partial charge in [-0.25, -0.2) is 4.79 Å². The number of methoxy groups -OCH3 is 1. The van der Waals surface area contributed by atoms with Gasteiger partial charge in [0.25, 0.3) is 0 Å². The van der Waals surface area contributed by atoms with Crippen LogP contribution in [-0.2, 0) is 23.1 Å². The largest absolute Gasteiger partial charge is 0.492 e. The van der Waals surface area contributed by atoms with E-state index in [9.17, 15) is 9.59 Å². The molecule has 8 heteroatoms. The summed E-state index contributed by atoms with van der Waals surface area (Å²) in [5.74, 6) is 0.678. The molecule has 2 aromatic rings. The molecule has 8 nitrogen and oxygen atoms in total. The molecule has 1 N–H and O–H groups in total. The zero-order chi connectivity index (χ0) is 23.5. The van der Waals surface area contributed by atoms with Crippen LogP contribution in [0, 0.1) is 5.92 Å². The van der Waals surface area contributed by atoms with Gasteiger partial charge in [-0.2, -0.15) is 0 Å². The lowest BCUT2D eigenvalue weighted by Gasteiger charge is -2.29. The molecule has 0 spiro atoms. The maximum Gasteiger partial charge on any atom is 0.322 e. The van der Waals surface area contributed by atoms with Crippen LogP contribution in [0.4, 0.5) is 10.5 Å². The first-order chi connectivity index (χ1) is 15.3. The highest BCUT2D eigenvalue weighted by Gasteiger charge is 2.23. The molecule has 1 aromatic carbocycles. The van der Waals surface area contributed by atoms with Crippen molar-refractivity contribution in [3.05, 3.63) is 48.3 Å². The molecular formula is C24H36N4O4. The highest BCUT2D eigenvalue weighted by molar-refractivity contribution is 5.93. The molecule has 0 bridgehead atoms. The van der Waals surface area contributed by atoms with Gasteiger partial charge in [0.15, 0.2) is 0 Å². The lowest BCUT2D eigenvalue weighted by molar-refractivity contribution is -0.133. The quantitative estimate of drug-likeness (QED) is 0.543. The molecule has 0 aliphatic carbocycles. The van der Waals surface area contributed by atoms with Crippen LogP contribution in [0.25, 0.3) is 0 Å². The van der Waals surface area contributed by atoms with Crippen molar-refractivity contribution in [2.75, 3.05) is 45.3 Å². The normalized spacial score (nSPS) is 10.8. The van der Waals surface area contributed by atoms with E-state index in [4.69, 9.17) is 9.47 Å². The monoisotopic (exact) mass is 444 g/mol. The van der Waals surface area contributed by atoms with E-state index in [0.717, 1.165) is 5.69 Å². The van der Waals surface area contributed by atoms with Crippen LogP contribution in [0.3, 0.4) is 0 Å². The Labute approximate surface area is 191 Å². The number of hydrogen-bond acceptors (Lipinski definition) is 4. The lowest BCUT2D eigenvalue weighted by atomic mass is 10.2. The Morgan fingerprint density at radius 1 is 1.12 bits per heavy atom. The van der Waals surface area contributed by atoms with Crippen LogP contribution in [0.15, 0.2) is 42.6 Å². The van der Waals surface area contributed by atoms with Crippen LogP contribution in [0.2, 0.25) is 0 Å². The number of carbonyl (C=O) groups is 2. The third-order valence-electron chi connectivity index (χ3n) is 4.95. The minimum atomic E-state index is -0.329. The topological polar surface area (TPSA) is 76.0 Å². The average molecular weight is 445 g/mol. The van der Waals surface area contributed by atoms with Crippen molar-refractivity contribution in [1.29, 1.82) is 0 Å². The molecule has 0 radical (unpaired) electrons. The summed E-state index contributed by atoms with van der Waals surface area (Å²) < 4.78 is 12.8. The molecule has 0 atom stereocenters. The Balaban J connectivity index is 2.15. The Morgan fingerprint density at radius 3 is 2.50 bits per heavy atom. The standard InChI is InChI=1S/C24H36N4O4/c1-6-32-22-12-8-7-11-21(22)25-24(30)28(16-19(2)3)18-23(29)27(14-15-31-5)17-20-10-9-13-26(20)4/h7-13,19H,6,14-18H2,1-5H3,(H,25,30). The van der Waals surface area contributed by atoms with E-state index < -0.39 is 0 Å². The molecule has 0 unspecified atom stereocenters. The fourth-order valence-electron chi connectivity index (χ4n) is 3.32. The summed E-state index contributed by atoms with van der Waals surface area (Å²) in [5, 5.41) is 2.91. The number of rotatable bonds is 12. The average Bonchev–Trinajstić information content (AvgIpc) is 3.16. The Morgan fingerprint density at radius 2 is 1.88 bits per heavy atom. The zero-order valence-corrected chi connectivity index (χ0v) is 19.8. The van der Waals surface area contributed by atoms with Gasteiger partial charge in [-0.1, -0.05) is 26.0 Å². The molecule has 32 heavy (non-hydrogen) atoms. The number of benzene rings is 1. The van der Waals surface area contributed by atoms with Crippen molar-refractivity contribution in [1.82, 2.24) is 14.4 Å². The number of nitrogens with one attached hydrogen (secondary N) is 1. The summed E-state index contributed by atoms with van der Waals surface area (Å²) in [6.45, 7) is 8.19. The Bertz CT molecular complexity index is 865. The minimum Gasteiger partial charge on any atom is -0.492 e. The van der Waals surface area contributed by atoms with E-state index in [2.05, 4.69) is 5.32 Å². The smallest absolute Gasteiger partial charge is 0.322 e. The van der Waals surface area contributed by atoms with Gasteiger partial charge in [0.05, 0.1) is 25.4 Å². The van der Waals surface area contributed by atoms with E-state index in [0.29, 0.717) is 44.3 Å². The third kappa shape index (κ3) is 7.60. The van der Waals surface area contributed by atoms with Crippen LogP contribution in [0.1, 0.15) is 26.5 Å². The van der Waals surface area contributed by atoms with Crippen molar-refractivity contribution in [3.8, 4) is 5.75 Å². The second-order valence-corrected chi connectivity index (χ2v) is 8.05. The van der Waals surface area contributed by atoms with Gasteiger partial charge in [0.1, 0.15) is 12.3 Å². The fraction of sp³-hybridized carbons (Fsp3) is 0.500. The molecule has 1 heterocycles. The molecule has 1 aromatic heterocycles. The summed E-state index contributed by atoms with van der Waals surface area (Å²) in [7, 11) is 3.56. The number of urea groups is 1. The highest BCUT2D eigenvalue weighted by atomic mass is 16.5. The van der Waals surface area contributed by atoms with Gasteiger partial charge in [0.2, 0.25) is 5.91 Å². The predicted octanol–water partition coefficient (Wildman–Crippen LogP) is 3.59. The van der Waals surface area contributed by atoms with Crippen molar-refractivity contribution in [2.24, 2.45) is 13.0 Å². The van der Waals surface area contributed by atoms with Gasteiger partial charge < -0.3 is 29.2 Å². The lowest BCUT2D eigenvalue weighted by Crippen LogP contribution is -2.46. The van der Waals surface area contributed by atoms with Gasteiger partial charge in [0, 0.05) is 39.1 Å². The Kier molecular flexibility index (Phi) is 10.1. The van der Waals surface area contributed by atoms with Crippen LogP contribution >= 0.6 is 0 Å². The molecule has 3 amide bonds. The van der Waals surface area contributed by atoms with Crippen LogP contribution < -0.4 is 10.1 Å². The van der Waals surface area contributed by atoms with E-state index >= 15 is 0 Å². The number of aromatic nitrogens is 1. The molecule has 2 rings (SSSR count). The van der Waals surface area contributed by atoms with Gasteiger partial charge in [-0.15, -0.1) is 0 Å². The summed E-state index contributed by atoms with van der Waals surface area (Å²) in [4.78, 5) is 29.6. The second-order valence-electron chi connectivity index (χ2n) is 8.05. The van der Waals surface area contributed by atoms with Crippen molar-refractivity contribution in [3.63, 3.8) is 0 Å². The maximum absolute atomic E-state index is 13.2. The van der Waals surface area contributed by atoms with E-state index in [1.165, 1.54) is 0 Å². The van der Waals surface area contributed by atoms with Crippen molar-refractivity contribution in [2.45, 2.75) is 27.3 Å². The fourth-order valence-corrected chi connectivity index (χ4v) is 3.32. The number of aryl methyl sites for hydroxylation is 1. The minimum absolute atomic E-state index is 0.0189. The number of carbonyl (C=O) groups excluding carboxylic acids is 2. The number of anilines is 1. The molecule has 0 aliphatic heterocycles. The molecule has 0 saturated carbocycles.